The zero-order valence-electron chi connectivity index (χ0n) is 14.5. The van der Waals surface area contributed by atoms with Gasteiger partial charge in [0.2, 0.25) is 11.7 Å². The third-order valence-electron chi connectivity index (χ3n) is 4.18. The molecule has 10 heteroatoms. The summed E-state index contributed by atoms with van der Waals surface area (Å²) in [6.07, 6.45) is 0.410. The zero-order chi connectivity index (χ0) is 20.0. The number of nitrogens with one attached hydrogen (secondary N) is 1. The third-order valence-corrected chi connectivity index (χ3v) is 7.42. The molecule has 4 heterocycles. The second-order valence-corrected chi connectivity index (χ2v) is 9.81. The van der Waals surface area contributed by atoms with Crippen molar-refractivity contribution in [3.05, 3.63) is 72.0 Å². The quantitative estimate of drug-likeness (QED) is 0.302. The van der Waals surface area contributed by atoms with Crippen LogP contribution in [0, 0.1) is 0 Å². The Morgan fingerprint density at radius 1 is 1.03 bits per heavy atom. The molecule has 6 nitrogen and oxygen atoms in total. The van der Waals surface area contributed by atoms with E-state index in [1.807, 2.05) is 35.0 Å². The third kappa shape index (κ3) is 3.85. The molecular formula is C19H10Br2N4O2S2. The second-order valence-electron chi connectivity index (χ2n) is 6.21. The molecule has 0 aliphatic rings. The van der Waals surface area contributed by atoms with Crippen LogP contribution in [-0.4, -0.2) is 20.1 Å². The van der Waals surface area contributed by atoms with Gasteiger partial charge in [0.1, 0.15) is 5.01 Å². The molecule has 4 aromatic heterocycles. The predicted molar refractivity (Wildman–Crippen MR) is 121 cm³/mol. The number of halogens is 2. The molecule has 0 atom stereocenters. The number of rotatable bonds is 4. The molecule has 5 aromatic rings. The van der Waals surface area contributed by atoms with E-state index in [0.717, 1.165) is 35.4 Å². The van der Waals surface area contributed by atoms with Crippen LogP contribution in [-0.2, 0) is 6.42 Å². The van der Waals surface area contributed by atoms with Gasteiger partial charge < -0.3 is 9.51 Å². The molecule has 0 spiro atoms. The summed E-state index contributed by atoms with van der Waals surface area (Å²) in [5, 5.41) is 9.83. The number of nitrogens with zero attached hydrogens (tertiary/aromatic N) is 3. The first-order valence-electron chi connectivity index (χ1n) is 8.39. The van der Waals surface area contributed by atoms with E-state index < -0.39 is 0 Å². The lowest BCUT2D eigenvalue weighted by Gasteiger charge is -2.00. The fraction of sp³-hybridized carbons (Fsp3) is 0.0526. The lowest BCUT2D eigenvalue weighted by molar-refractivity contribution is 0.385. The Kier molecular flexibility index (Phi) is 4.94. The minimum atomic E-state index is -0.258. The summed E-state index contributed by atoms with van der Waals surface area (Å²) in [7, 11) is 0. The molecule has 0 aliphatic heterocycles. The van der Waals surface area contributed by atoms with Crippen molar-refractivity contribution in [2.75, 3.05) is 0 Å². The average molecular weight is 550 g/mol. The zero-order valence-corrected chi connectivity index (χ0v) is 19.3. The molecule has 0 fully saturated rings. The maximum absolute atomic E-state index is 12.4. The van der Waals surface area contributed by atoms with Crippen LogP contribution >= 0.6 is 54.5 Å². The van der Waals surface area contributed by atoms with Crippen LogP contribution in [0.15, 0.2) is 59.4 Å². The van der Waals surface area contributed by atoms with Gasteiger partial charge in [-0.25, -0.2) is 4.98 Å². The van der Waals surface area contributed by atoms with Crippen LogP contribution in [0.25, 0.3) is 32.2 Å². The lowest BCUT2D eigenvalue weighted by atomic mass is 10.1. The van der Waals surface area contributed by atoms with Crippen molar-refractivity contribution in [1.82, 2.24) is 20.1 Å². The fourth-order valence-corrected chi connectivity index (χ4v) is 5.57. The van der Waals surface area contributed by atoms with Crippen molar-refractivity contribution in [2.45, 2.75) is 6.42 Å². The van der Waals surface area contributed by atoms with E-state index in [-0.39, 0.29) is 11.4 Å². The molecule has 0 saturated carbocycles. The minimum Gasteiger partial charge on any atom is -0.339 e. The Balaban J connectivity index is 1.43. The van der Waals surface area contributed by atoms with Gasteiger partial charge in [0.05, 0.1) is 22.6 Å². The van der Waals surface area contributed by atoms with E-state index in [4.69, 9.17) is 4.52 Å². The number of aromatic nitrogens is 4. The number of H-pyrrole nitrogens is 1. The monoisotopic (exact) mass is 548 g/mol. The number of hydrogen-bond acceptors (Lipinski definition) is 7. The number of pyridine rings is 1. The molecule has 5 rings (SSSR count). The highest BCUT2D eigenvalue weighted by molar-refractivity contribution is 9.10. The highest BCUT2D eigenvalue weighted by Crippen LogP contribution is 2.32. The first-order valence-corrected chi connectivity index (χ1v) is 11.7. The summed E-state index contributed by atoms with van der Waals surface area (Å²) in [4.78, 5) is 25.5. The van der Waals surface area contributed by atoms with Gasteiger partial charge >= 0.3 is 0 Å². The molecule has 0 saturated heterocycles. The Morgan fingerprint density at radius 3 is 2.76 bits per heavy atom. The molecule has 0 unspecified atom stereocenters. The second kappa shape index (κ2) is 7.60. The smallest absolute Gasteiger partial charge is 0.259 e. The van der Waals surface area contributed by atoms with Crippen molar-refractivity contribution in [2.24, 2.45) is 0 Å². The van der Waals surface area contributed by atoms with E-state index in [1.165, 1.54) is 0 Å². The van der Waals surface area contributed by atoms with Gasteiger partial charge in [-0.15, -0.1) is 22.7 Å². The summed E-state index contributed by atoms with van der Waals surface area (Å²) in [5.41, 5.74) is 1.71. The van der Waals surface area contributed by atoms with Crippen molar-refractivity contribution in [1.29, 1.82) is 0 Å². The van der Waals surface area contributed by atoms with E-state index in [9.17, 15) is 4.79 Å². The van der Waals surface area contributed by atoms with Crippen LogP contribution < -0.4 is 5.56 Å². The van der Waals surface area contributed by atoms with Crippen LogP contribution in [0.5, 0.6) is 0 Å². The Bertz CT molecular complexity index is 1400. The lowest BCUT2D eigenvalue weighted by Crippen LogP contribution is -2.09. The molecule has 1 N–H and O–H groups in total. The van der Waals surface area contributed by atoms with Crippen LogP contribution in [0.3, 0.4) is 0 Å². The number of hydrogen-bond donors (Lipinski definition) is 1. The predicted octanol–water partition coefficient (Wildman–Crippen LogP) is 5.88. The van der Waals surface area contributed by atoms with Gasteiger partial charge in [0.15, 0.2) is 0 Å². The normalized spacial score (nSPS) is 11.4. The van der Waals surface area contributed by atoms with E-state index in [0.29, 0.717) is 17.9 Å². The van der Waals surface area contributed by atoms with Gasteiger partial charge in [-0.1, -0.05) is 21.1 Å². The number of fused-ring (bicyclic) bond motifs is 1. The largest absolute Gasteiger partial charge is 0.339 e. The summed E-state index contributed by atoms with van der Waals surface area (Å²) in [5.74, 6) is 0.679. The number of aromatic amines is 1. The summed E-state index contributed by atoms with van der Waals surface area (Å²) in [6, 6.07) is 9.46. The van der Waals surface area contributed by atoms with E-state index >= 15 is 0 Å². The summed E-state index contributed by atoms with van der Waals surface area (Å²) >= 11 is 10.1. The van der Waals surface area contributed by atoms with Crippen LogP contribution in [0.2, 0.25) is 0 Å². The van der Waals surface area contributed by atoms with Gasteiger partial charge in [-0.05, 0) is 46.3 Å². The molecular weight excluding hydrogens is 540 g/mol. The van der Waals surface area contributed by atoms with E-state index in [1.54, 1.807) is 28.7 Å². The highest BCUT2D eigenvalue weighted by Gasteiger charge is 2.15. The molecule has 0 bridgehead atoms. The van der Waals surface area contributed by atoms with Crippen molar-refractivity contribution >= 4 is 65.4 Å². The van der Waals surface area contributed by atoms with E-state index in [2.05, 4.69) is 52.0 Å². The van der Waals surface area contributed by atoms with Crippen molar-refractivity contribution in [3.63, 3.8) is 0 Å². The molecule has 29 heavy (non-hydrogen) atoms. The molecule has 0 amide bonds. The number of benzene rings is 1. The maximum Gasteiger partial charge on any atom is 0.259 e. The molecule has 1 aromatic carbocycles. The van der Waals surface area contributed by atoms with Gasteiger partial charge in [-0.3, -0.25) is 4.79 Å². The average Bonchev–Trinajstić information content (AvgIpc) is 3.43. The van der Waals surface area contributed by atoms with Crippen molar-refractivity contribution in [3.8, 4) is 21.3 Å². The first kappa shape index (κ1) is 18.9. The number of thiazole rings is 1. The Hall–Kier alpha value is -2.14. The molecule has 0 radical (unpaired) electrons. The van der Waals surface area contributed by atoms with Gasteiger partial charge in [0.25, 0.3) is 5.56 Å². The van der Waals surface area contributed by atoms with Gasteiger partial charge in [0, 0.05) is 30.6 Å². The number of thiophene rings is 1. The maximum atomic E-state index is 12.4. The van der Waals surface area contributed by atoms with Gasteiger partial charge in [-0.2, -0.15) is 4.98 Å². The van der Waals surface area contributed by atoms with Crippen LogP contribution in [0.4, 0.5) is 0 Å². The Labute approximate surface area is 188 Å². The minimum absolute atomic E-state index is 0.258. The standard InChI is InChI=1S/C19H10Br2N4O2S2/c20-10-1-2-14-9(3-10)4-13(18(26)23-14)17-24-16(27-25-17)6-12-8-29-19(22-12)15-5-11(21)7-28-15/h1-5,7-8H,6H2,(H,23,26). The van der Waals surface area contributed by atoms with Crippen molar-refractivity contribution < 1.29 is 4.52 Å². The highest BCUT2D eigenvalue weighted by atomic mass is 79.9. The Morgan fingerprint density at radius 2 is 1.93 bits per heavy atom. The first-order chi connectivity index (χ1) is 14.0. The van der Waals surface area contributed by atoms with Crippen LogP contribution in [0.1, 0.15) is 11.6 Å². The topological polar surface area (TPSA) is 84.7 Å². The summed E-state index contributed by atoms with van der Waals surface area (Å²) < 4.78 is 7.34. The SMILES string of the molecule is O=c1[nH]c2ccc(Br)cc2cc1-c1noc(Cc2csc(-c3cc(Br)cs3)n2)n1. The molecule has 144 valence electrons. The molecule has 0 aliphatic carbocycles. The summed E-state index contributed by atoms with van der Waals surface area (Å²) in [6.45, 7) is 0. The fourth-order valence-electron chi connectivity index (χ4n) is 2.86.